The van der Waals surface area contributed by atoms with Crippen LogP contribution in [0.2, 0.25) is 0 Å². The van der Waals surface area contributed by atoms with Crippen molar-refractivity contribution in [3.8, 4) is 0 Å². The van der Waals surface area contributed by atoms with Crippen molar-refractivity contribution in [2.75, 3.05) is 11.9 Å². The summed E-state index contributed by atoms with van der Waals surface area (Å²) in [5.41, 5.74) is 1.23. The molecule has 0 radical (unpaired) electrons. The van der Waals surface area contributed by atoms with Gasteiger partial charge in [-0.2, -0.15) is 13.2 Å². The molecule has 1 N–H and O–H groups in total. The molecule has 3 aromatic rings. The van der Waals surface area contributed by atoms with Crippen LogP contribution in [0.3, 0.4) is 0 Å². The SMILES string of the molecule is FC(F)(F)c1cccc(CCNc2ncnc3c2nnn3CC2CC2)c1. The van der Waals surface area contributed by atoms with Crippen molar-refractivity contribution in [1.29, 1.82) is 0 Å². The number of halogens is 3. The van der Waals surface area contributed by atoms with Gasteiger partial charge >= 0.3 is 6.18 Å². The molecule has 1 saturated carbocycles. The van der Waals surface area contributed by atoms with Gasteiger partial charge in [-0.3, -0.25) is 0 Å². The third-order valence-electron chi connectivity index (χ3n) is 4.39. The molecule has 1 aliphatic rings. The van der Waals surface area contributed by atoms with Crippen LogP contribution in [-0.2, 0) is 19.1 Å². The average Bonchev–Trinajstić information content (AvgIpc) is 3.34. The Bertz CT molecular complexity index is 916. The predicted octanol–water partition coefficient (Wildman–Crippen LogP) is 3.30. The quantitative estimate of drug-likeness (QED) is 0.729. The minimum Gasteiger partial charge on any atom is -0.368 e. The van der Waals surface area contributed by atoms with E-state index in [1.54, 1.807) is 10.7 Å². The van der Waals surface area contributed by atoms with Crippen molar-refractivity contribution in [3.63, 3.8) is 0 Å². The van der Waals surface area contributed by atoms with Crippen LogP contribution in [0.4, 0.5) is 19.0 Å². The van der Waals surface area contributed by atoms with Gasteiger partial charge in [-0.25, -0.2) is 14.6 Å². The fourth-order valence-corrected chi connectivity index (χ4v) is 2.82. The second kappa shape index (κ2) is 6.54. The molecule has 0 unspecified atom stereocenters. The van der Waals surface area contributed by atoms with E-state index >= 15 is 0 Å². The number of aromatic nitrogens is 5. The molecule has 1 aromatic carbocycles. The topological polar surface area (TPSA) is 68.5 Å². The number of nitrogens with zero attached hydrogens (tertiary/aromatic N) is 5. The maximum Gasteiger partial charge on any atom is 0.416 e. The Kier molecular flexibility index (Phi) is 4.21. The van der Waals surface area contributed by atoms with Crippen LogP contribution in [-0.4, -0.2) is 31.5 Å². The van der Waals surface area contributed by atoms with Gasteiger partial charge in [-0.1, -0.05) is 23.4 Å². The molecule has 0 spiro atoms. The standard InChI is InChI=1S/C17H17F3N6/c18-17(19,20)13-3-1-2-11(8-13)6-7-21-15-14-16(23-10-22-15)26(25-24-14)9-12-4-5-12/h1-3,8,10,12H,4-7,9H2,(H,21,22,23). The van der Waals surface area contributed by atoms with E-state index in [1.807, 2.05) is 0 Å². The van der Waals surface area contributed by atoms with Crippen LogP contribution in [0.15, 0.2) is 30.6 Å². The zero-order chi connectivity index (χ0) is 18.1. The molecule has 9 heteroatoms. The van der Waals surface area contributed by atoms with E-state index in [4.69, 9.17) is 0 Å². The molecular weight excluding hydrogens is 345 g/mol. The summed E-state index contributed by atoms with van der Waals surface area (Å²) in [6.45, 7) is 1.24. The molecule has 2 aromatic heterocycles. The number of hydrogen-bond acceptors (Lipinski definition) is 5. The van der Waals surface area contributed by atoms with Crippen molar-refractivity contribution < 1.29 is 13.2 Å². The third-order valence-corrected chi connectivity index (χ3v) is 4.39. The minimum absolute atomic E-state index is 0.433. The van der Waals surface area contributed by atoms with Gasteiger partial charge < -0.3 is 5.32 Å². The highest BCUT2D eigenvalue weighted by Gasteiger charge is 2.30. The summed E-state index contributed by atoms with van der Waals surface area (Å²) in [5, 5.41) is 11.4. The van der Waals surface area contributed by atoms with E-state index in [1.165, 1.54) is 31.3 Å². The van der Waals surface area contributed by atoms with Crippen molar-refractivity contribution in [3.05, 3.63) is 41.7 Å². The maximum atomic E-state index is 12.8. The van der Waals surface area contributed by atoms with Crippen LogP contribution < -0.4 is 5.32 Å². The molecule has 4 rings (SSSR count). The Labute approximate surface area is 147 Å². The number of anilines is 1. The monoisotopic (exact) mass is 362 g/mol. The van der Waals surface area contributed by atoms with E-state index in [2.05, 4.69) is 25.6 Å². The molecule has 26 heavy (non-hydrogen) atoms. The van der Waals surface area contributed by atoms with Crippen LogP contribution in [0, 0.1) is 5.92 Å². The van der Waals surface area contributed by atoms with E-state index in [0.717, 1.165) is 12.6 Å². The molecule has 0 aliphatic heterocycles. The minimum atomic E-state index is -4.33. The lowest BCUT2D eigenvalue weighted by atomic mass is 10.1. The molecule has 0 atom stereocenters. The molecule has 0 saturated heterocycles. The van der Waals surface area contributed by atoms with E-state index < -0.39 is 11.7 Å². The van der Waals surface area contributed by atoms with Gasteiger partial charge in [0.05, 0.1) is 5.56 Å². The predicted molar refractivity (Wildman–Crippen MR) is 89.5 cm³/mol. The molecule has 6 nitrogen and oxygen atoms in total. The van der Waals surface area contributed by atoms with Gasteiger partial charge in [0.1, 0.15) is 6.33 Å². The van der Waals surface area contributed by atoms with Crippen molar-refractivity contribution in [2.24, 2.45) is 5.92 Å². The van der Waals surface area contributed by atoms with Crippen LogP contribution in [0.25, 0.3) is 11.2 Å². The highest BCUT2D eigenvalue weighted by Crippen LogP contribution is 2.31. The summed E-state index contributed by atoms with van der Waals surface area (Å²) in [4.78, 5) is 8.43. The van der Waals surface area contributed by atoms with Gasteiger partial charge in [0, 0.05) is 13.1 Å². The summed E-state index contributed by atoms with van der Waals surface area (Å²) >= 11 is 0. The first kappa shape index (κ1) is 16.7. The number of benzene rings is 1. The zero-order valence-corrected chi connectivity index (χ0v) is 13.9. The highest BCUT2D eigenvalue weighted by atomic mass is 19.4. The second-order valence-corrected chi connectivity index (χ2v) is 6.48. The summed E-state index contributed by atoms with van der Waals surface area (Å²) in [7, 11) is 0. The fourth-order valence-electron chi connectivity index (χ4n) is 2.82. The summed E-state index contributed by atoms with van der Waals surface area (Å²) in [6, 6.07) is 5.34. The largest absolute Gasteiger partial charge is 0.416 e. The van der Waals surface area contributed by atoms with E-state index in [-0.39, 0.29) is 0 Å². The van der Waals surface area contributed by atoms with Crippen LogP contribution in [0.1, 0.15) is 24.0 Å². The molecule has 1 fully saturated rings. The number of alkyl halides is 3. The van der Waals surface area contributed by atoms with Crippen molar-refractivity contribution in [2.45, 2.75) is 32.0 Å². The van der Waals surface area contributed by atoms with Gasteiger partial charge in [-0.05, 0) is 36.8 Å². The Balaban J connectivity index is 1.44. The normalized spacial score (nSPS) is 14.7. The second-order valence-electron chi connectivity index (χ2n) is 6.48. The molecular formula is C17H17F3N6. The van der Waals surface area contributed by atoms with Crippen molar-refractivity contribution in [1.82, 2.24) is 25.0 Å². The average molecular weight is 362 g/mol. The van der Waals surface area contributed by atoms with Crippen LogP contribution >= 0.6 is 0 Å². The highest BCUT2D eigenvalue weighted by molar-refractivity contribution is 5.81. The Morgan fingerprint density at radius 3 is 2.81 bits per heavy atom. The number of hydrogen-bond donors (Lipinski definition) is 1. The Morgan fingerprint density at radius 2 is 2.04 bits per heavy atom. The smallest absolute Gasteiger partial charge is 0.368 e. The van der Waals surface area contributed by atoms with E-state index in [9.17, 15) is 13.2 Å². The van der Waals surface area contributed by atoms with E-state index in [0.29, 0.717) is 41.4 Å². The lowest BCUT2D eigenvalue weighted by molar-refractivity contribution is -0.137. The Hall–Kier alpha value is -2.71. The first-order chi connectivity index (χ1) is 12.5. The van der Waals surface area contributed by atoms with Gasteiger partial charge in [0.2, 0.25) is 0 Å². The molecule has 2 heterocycles. The first-order valence-electron chi connectivity index (χ1n) is 8.45. The molecule has 1 aliphatic carbocycles. The van der Waals surface area contributed by atoms with Gasteiger partial charge in [-0.15, -0.1) is 5.10 Å². The Morgan fingerprint density at radius 1 is 1.19 bits per heavy atom. The zero-order valence-electron chi connectivity index (χ0n) is 13.9. The number of fused-ring (bicyclic) bond motifs is 1. The first-order valence-corrected chi connectivity index (χ1v) is 8.45. The summed E-state index contributed by atoms with van der Waals surface area (Å²) in [5.74, 6) is 1.19. The molecule has 136 valence electrons. The number of rotatable bonds is 6. The van der Waals surface area contributed by atoms with Gasteiger partial charge in [0.25, 0.3) is 0 Å². The lowest BCUT2D eigenvalue weighted by Crippen LogP contribution is -2.09. The molecule has 0 amide bonds. The van der Waals surface area contributed by atoms with Crippen LogP contribution in [0.5, 0.6) is 0 Å². The summed E-state index contributed by atoms with van der Waals surface area (Å²) in [6.07, 6.45) is -0.0429. The third kappa shape index (κ3) is 3.61. The van der Waals surface area contributed by atoms with Gasteiger partial charge in [0.15, 0.2) is 17.0 Å². The fraction of sp³-hybridized carbons (Fsp3) is 0.412. The molecule has 0 bridgehead atoms. The van der Waals surface area contributed by atoms with Crippen molar-refractivity contribution >= 4 is 17.0 Å². The maximum absolute atomic E-state index is 12.8. The summed E-state index contributed by atoms with van der Waals surface area (Å²) < 4.78 is 40.1. The number of nitrogens with one attached hydrogen (secondary N) is 1. The lowest BCUT2D eigenvalue weighted by Gasteiger charge is -2.09.